The molecule has 9 fully saturated rings. The number of aromatic nitrogens is 9. The standard InChI is InChI=1S/C105H198N28O3/c1-88(2)52-70(53-89(3,4)115-88)121(37)79-106-80(122(38)71-54-90(5,6)116-91(7,8)55-71)110-85(109-79)128(76-64-100(25,26)131(134-43)101(27,28)65-76)49-46-127(47-50-129(77-66-102(29,30)132(135-44)103(31,32)67-77)86-111-81(123(39)72-56-92(9,10)117-93(11,12)57-72)107-82(112-86)124(40)73-58-94(13,14)118-95(15,16)59-73)48-51-130(78-68-104(33,34)133(136-45)105(35,36)69-78)87-113-83(125(41)74-60-96(17,18)119-97(19,20)61-74)108-84(114-87)126(42)75-62-98(21,22)120-99(23,24)63-75/h70-78,115-120H,46-69H2,1-45H3. The molecule has 0 amide bonds. The van der Waals surface area contributed by atoms with Gasteiger partial charge in [-0.1, -0.05) is 0 Å². The van der Waals surface area contributed by atoms with E-state index in [-0.39, 0.29) is 121 Å². The van der Waals surface area contributed by atoms with Crippen LogP contribution < -0.4 is 76.0 Å². The van der Waals surface area contributed by atoms with Crippen LogP contribution in [0.3, 0.4) is 0 Å². The zero-order valence-corrected chi connectivity index (χ0v) is 94.7. The molecule has 3 aromatic rings. The number of hydroxylamine groups is 6. The van der Waals surface area contributed by atoms with E-state index in [0.717, 1.165) is 116 Å². The first-order valence-corrected chi connectivity index (χ1v) is 52.3. The quantitative estimate of drug-likeness (QED) is 0.0362. The van der Waals surface area contributed by atoms with Gasteiger partial charge >= 0.3 is 0 Å². The van der Waals surface area contributed by atoms with Crippen LogP contribution in [-0.2, 0) is 14.5 Å². The molecule has 12 rings (SSSR count). The van der Waals surface area contributed by atoms with Gasteiger partial charge in [-0.15, -0.1) is 0 Å². The van der Waals surface area contributed by atoms with Gasteiger partial charge in [0.2, 0.25) is 53.5 Å². The number of piperidine rings is 9. The van der Waals surface area contributed by atoms with E-state index in [4.69, 9.17) is 59.4 Å². The van der Waals surface area contributed by atoms with Crippen LogP contribution in [-0.4, -0.2) is 322 Å². The zero-order valence-electron chi connectivity index (χ0n) is 94.7. The molecule has 3 aromatic heterocycles. The molecule has 0 saturated carbocycles. The van der Waals surface area contributed by atoms with Crippen molar-refractivity contribution in [3.8, 4) is 0 Å². The molecule has 776 valence electrons. The molecule has 31 nitrogen and oxygen atoms in total. The van der Waals surface area contributed by atoms with Gasteiger partial charge in [0.25, 0.3) is 0 Å². The van der Waals surface area contributed by atoms with Crippen molar-refractivity contribution >= 4 is 53.5 Å². The molecule has 6 N–H and O–H groups in total. The average Bonchev–Trinajstić information content (AvgIpc) is 0.753. The third-order valence-corrected chi connectivity index (χ3v) is 32.3. The van der Waals surface area contributed by atoms with Crippen LogP contribution in [0.25, 0.3) is 0 Å². The van der Waals surface area contributed by atoms with Gasteiger partial charge in [-0.2, -0.15) is 60.0 Å². The van der Waals surface area contributed by atoms with Gasteiger partial charge in [-0.05, 0) is 365 Å². The van der Waals surface area contributed by atoms with Crippen molar-refractivity contribution in [2.75, 3.05) is 147 Å². The smallest absolute Gasteiger partial charge is 0.232 e. The van der Waals surface area contributed by atoms with Gasteiger partial charge < -0.3 is 90.5 Å². The summed E-state index contributed by atoms with van der Waals surface area (Å²) in [7, 11) is 19.0. The molecular weight excluding hydrogens is 1700 g/mol. The summed E-state index contributed by atoms with van der Waals surface area (Å²) in [6, 6.07) is 0.571. The van der Waals surface area contributed by atoms with Crippen LogP contribution in [0, 0.1) is 0 Å². The highest BCUT2D eigenvalue weighted by Crippen LogP contribution is 2.49. The molecule has 0 aromatic carbocycles. The van der Waals surface area contributed by atoms with Crippen molar-refractivity contribution in [1.29, 1.82) is 0 Å². The largest absolute Gasteiger partial charge is 0.341 e. The number of rotatable bonds is 30. The minimum Gasteiger partial charge on any atom is -0.341 e. The lowest BCUT2D eigenvalue weighted by atomic mass is 9.78. The van der Waals surface area contributed by atoms with Crippen molar-refractivity contribution in [2.45, 2.75) is 519 Å². The fourth-order valence-electron chi connectivity index (χ4n) is 29.8. The number of nitrogens with zero attached hydrogens (tertiary/aromatic N) is 22. The molecule has 0 radical (unpaired) electrons. The predicted molar refractivity (Wildman–Crippen MR) is 564 cm³/mol. The lowest BCUT2D eigenvalue weighted by Gasteiger charge is -2.55. The van der Waals surface area contributed by atoms with E-state index < -0.39 is 33.2 Å². The first-order valence-electron chi connectivity index (χ1n) is 52.3. The van der Waals surface area contributed by atoms with Gasteiger partial charge in [0.05, 0.1) is 21.3 Å². The van der Waals surface area contributed by atoms with E-state index in [1.54, 1.807) is 0 Å². The Morgan fingerprint density at radius 1 is 0.199 bits per heavy atom. The van der Waals surface area contributed by atoms with E-state index >= 15 is 0 Å². The van der Waals surface area contributed by atoms with Crippen molar-refractivity contribution in [3.63, 3.8) is 0 Å². The summed E-state index contributed by atoms with van der Waals surface area (Å²) in [6.07, 6.45) is 15.6. The SMILES string of the molecule is CON1C(C)(C)CC(N(CCN(CCN(c2nc(N(C)C3CC(C)(C)NC(C)(C)C3)nc(N(C)C3CC(C)(C)NC(C)(C)C3)n2)C2CC(C)(C)N(OC)C(C)(C)C2)CCN(c2nc(N(C)C3CC(C)(C)NC(C)(C)C3)nc(N(C)C3CC(C)(C)NC(C)(C)C3)n2)C2CC(C)(C)N(OC)C(C)(C)C2)c2nc(N(C)C3CC(C)(C)NC(C)(C)C3)nc(N(C)C3CC(C)(C)NC(C)(C)C3)n2)CC1(C)C. The molecule has 9 aliphatic rings. The van der Waals surface area contributed by atoms with Crippen LogP contribution in [0.15, 0.2) is 0 Å². The highest BCUT2D eigenvalue weighted by Gasteiger charge is 2.55. The first-order chi connectivity index (χ1) is 61.8. The molecule has 136 heavy (non-hydrogen) atoms. The maximum absolute atomic E-state index is 6.55. The Labute approximate surface area is 826 Å². The number of anilines is 9. The Kier molecular flexibility index (Phi) is 30.6. The summed E-state index contributed by atoms with van der Waals surface area (Å²) < 4.78 is 0. The molecule has 0 bridgehead atoms. The molecule has 9 saturated heterocycles. The van der Waals surface area contributed by atoms with Crippen LogP contribution in [0.4, 0.5) is 53.5 Å². The normalized spacial score (nSPS) is 26.6. The zero-order chi connectivity index (χ0) is 102. The summed E-state index contributed by atoms with van der Waals surface area (Å²) >= 11 is 0. The lowest BCUT2D eigenvalue weighted by molar-refractivity contribution is -0.266. The third kappa shape index (κ3) is 25.7. The molecule has 0 unspecified atom stereocenters. The topological polar surface area (TPSA) is 258 Å². The lowest BCUT2D eigenvalue weighted by Crippen LogP contribution is -2.65. The highest BCUT2D eigenvalue weighted by molar-refractivity contribution is 5.53. The van der Waals surface area contributed by atoms with Gasteiger partial charge in [0.15, 0.2) is 0 Å². The van der Waals surface area contributed by atoms with Crippen molar-refractivity contribution < 1.29 is 14.5 Å². The van der Waals surface area contributed by atoms with Crippen LogP contribution in [0.1, 0.15) is 365 Å². The third-order valence-electron chi connectivity index (χ3n) is 32.3. The molecule has 0 spiro atoms. The van der Waals surface area contributed by atoms with E-state index in [2.05, 4.69) is 388 Å². The molecule has 12 heterocycles. The van der Waals surface area contributed by atoms with Crippen molar-refractivity contribution in [1.82, 2.24) is 96.8 Å². The maximum Gasteiger partial charge on any atom is 0.232 e. The first kappa shape index (κ1) is 110. The van der Waals surface area contributed by atoms with E-state index in [1.807, 2.05) is 21.3 Å². The summed E-state index contributed by atoms with van der Waals surface area (Å²) in [5.74, 6) is 6.20. The van der Waals surface area contributed by atoms with E-state index in [1.165, 1.54) is 0 Å². The van der Waals surface area contributed by atoms with E-state index in [0.29, 0.717) is 92.8 Å². The van der Waals surface area contributed by atoms with Crippen molar-refractivity contribution in [3.05, 3.63) is 0 Å². The Bertz CT molecular complexity index is 3790. The van der Waals surface area contributed by atoms with Crippen LogP contribution in [0.5, 0.6) is 0 Å². The summed E-state index contributed by atoms with van der Waals surface area (Å²) in [4.78, 5) is 97.9. The minimum absolute atomic E-state index is 0.0595. The second-order valence-corrected chi connectivity index (χ2v) is 56.0. The van der Waals surface area contributed by atoms with Gasteiger partial charge in [-0.25, -0.2) is 0 Å². The number of nitrogens with one attached hydrogen (secondary N) is 6. The van der Waals surface area contributed by atoms with Crippen LogP contribution in [0.2, 0.25) is 0 Å². The second kappa shape index (κ2) is 38.0. The van der Waals surface area contributed by atoms with Gasteiger partial charge in [-0.3, -0.25) is 4.90 Å². The van der Waals surface area contributed by atoms with E-state index in [9.17, 15) is 0 Å². The summed E-state index contributed by atoms with van der Waals surface area (Å²) in [5.41, 5.74) is -4.26. The van der Waals surface area contributed by atoms with Gasteiger partial charge in [0.1, 0.15) is 0 Å². The Morgan fingerprint density at radius 3 is 0.449 bits per heavy atom. The Balaban J connectivity index is 1.10. The van der Waals surface area contributed by atoms with Crippen molar-refractivity contribution in [2.24, 2.45) is 0 Å². The molecule has 31 heteroatoms. The minimum atomic E-state index is -0.416. The fraction of sp³-hybridized carbons (Fsp3) is 0.914. The maximum atomic E-state index is 6.55. The fourth-order valence-corrected chi connectivity index (χ4v) is 29.8. The molecule has 0 aliphatic carbocycles. The monoisotopic (exact) mass is 1900 g/mol. The Morgan fingerprint density at radius 2 is 0.324 bits per heavy atom. The Hall–Kier alpha value is -5.29. The second-order valence-electron chi connectivity index (χ2n) is 56.0. The molecular formula is C105H198N28O3. The predicted octanol–water partition coefficient (Wildman–Crippen LogP) is 15.6. The summed E-state index contributed by atoms with van der Waals surface area (Å²) in [5, 5.41) is 30.8. The summed E-state index contributed by atoms with van der Waals surface area (Å²) in [6.45, 7) is 88.2. The van der Waals surface area contributed by atoms with Gasteiger partial charge in [0, 0.05) is 236 Å². The number of hydrogen-bond donors (Lipinski definition) is 6. The average molecular weight is 1900 g/mol. The van der Waals surface area contributed by atoms with Crippen LogP contribution >= 0.6 is 0 Å². The molecule has 0 atom stereocenters. The molecule has 9 aliphatic heterocycles. The number of hydrogen-bond acceptors (Lipinski definition) is 31. The highest BCUT2D eigenvalue weighted by atomic mass is 16.7.